The first-order valence-electron chi connectivity index (χ1n) is 5.87. The van der Waals surface area contributed by atoms with Gasteiger partial charge in [-0.05, 0) is 0 Å². The fraction of sp³-hybridized carbons (Fsp3) is 0.818. The summed E-state index contributed by atoms with van der Waals surface area (Å²) in [5.74, 6) is 0.141. The Bertz CT molecular complexity index is 263. The molecule has 0 aromatic rings. The predicted octanol–water partition coefficient (Wildman–Crippen LogP) is -1.09. The van der Waals surface area contributed by atoms with Crippen molar-refractivity contribution in [2.75, 3.05) is 53.5 Å². The third kappa shape index (κ3) is 5.14. The standard InChI is InChI=1S/C11H21N3O3/c1-13(2)11(16)9-12-4-3-10(15)14-5-7-17-8-6-14/h12H,3-9H2,1-2H3. The van der Waals surface area contributed by atoms with Gasteiger partial charge in [0.25, 0.3) is 0 Å². The predicted molar refractivity (Wildman–Crippen MR) is 63.6 cm³/mol. The van der Waals surface area contributed by atoms with Crippen LogP contribution < -0.4 is 5.32 Å². The number of likely N-dealkylation sites (N-methyl/N-ethyl adjacent to an activating group) is 1. The van der Waals surface area contributed by atoms with Crippen LogP contribution in [0.4, 0.5) is 0 Å². The molecule has 0 bridgehead atoms. The summed E-state index contributed by atoms with van der Waals surface area (Å²) >= 11 is 0. The molecule has 0 unspecified atom stereocenters. The van der Waals surface area contributed by atoms with Crippen LogP contribution >= 0.6 is 0 Å². The van der Waals surface area contributed by atoms with Gasteiger partial charge in [-0.25, -0.2) is 0 Å². The minimum atomic E-state index is 0.0174. The van der Waals surface area contributed by atoms with Crippen molar-refractivity contribution < 1.29 is 14.3 Å². The molecule has 0 radical (unpaired) electrons. The van der Waals surface area contributed by atoms with Gasteiger partial charge in [0.05, 0.1) is 19.8 Å². The summed E-state index contributed by atoms with van der Waals surface area (Å²) in [7, 11) is 3.42. The summed E-state index contributed by atoms with van der Waals surface area (Å²) in [5, 5.41) is 2.97. The van der Waals surface area contributed by atoms with E-state index in [0.29, 0.717) is 39.3 Å². The lowest BCUT2D eigenvalue weighted by Crippen LogP contribution is -2.42. The van der Waals surface area contributed by atoms with Crippen molar-refractivity contribution in [2.24, 2.45) is 0 Å². The van der Waals surface area contributed by atoms with Crippen LogP contribution in [0, 0.1) is 0 Å². The number of rotatable bonds is 5. The molecule has 0 aromatic heterocycles. The van der Waals surface area contributed by atoms with E-state index in [4.69, 9.17) is 4.74 Å². The Balaban J connectivity index is 2.09. The van der Waals surface area contributed by atoms with Crippen LogP contribution in [0.3, 0.4) is 0 Å². The Kier molecular flexibility index (Phi) is 5.93. The lowest BCUT2D eigenvalue weighted by molar-refractivity contribution is -0.135. The molecular formula is C11H21N3O3. The van der Waals surface area contributed by atoms with E-state index < -0.39 is 0 Å². The van der Waals surface area contributed by atoms with Gasteiger partial charge in [0.2, 0.25) is 11.8 Å². The number of amides is 2. The lowest BCUT2D eigenvalue weighted by atomic mass is 10.3. The second-order valence-corrected chi connectivity index (χ2v) is 4.21. The molecule has 0 spiro atoms. The maximum atomic E-state index is 11.7. The topological polar surface area (TPSA) is 61.9 Å². The van der Waals surface area contributed by atoms with Crippen molar-refractivity contribution in [3.05, 3.63) is 0 Å². The highest BCUT2D eigenvalue weighted by Crippen LogP contribution is 1.99. The van der Waals surface area contributed by atoms with E-state index in [1.54, 1.807) is 19.0 Å². The quantitative estimate of drug-likeness (QED) is 0.624. The monoisotopic (exact) mass is 243 g/mol. The minimum Gasteiger partial charge on any atom is -0.378 e. The maximum absolute atomic E-state index is 11.7. The first-order chi connectivity index (χ1) is 8.11. The molecule has 1 aliphatic rings. The Morgan fingerprint density at radius 3 is 2.53 bits per heavy atom. The summed E-state index contributed by atoms with van der Waals surface area (Å²) in [4.78, 5) is 26.3. The van der Waals surface area contributed by atoms with E-state index in [9.17, 15) is 9.59 Å². The normalized spacial score (nSPS) is 15.8. The number of hydrogen-bond acceptors (Lipinski definition) is 4. The van der Waals surface area contributed by atoms with Crippen LogP contribution in [0.15, 0.2) is 0 Å². The van der Waals surface area contributed by atoms with Crippen molar-refractivity contribution in [1.82, 2.24) is 15.1 Å². The zero-order valence-electron chi connectivity index (χ0n) is 10.6. The van der Waals surface area contributed by atoms with Crippen molar-refractivity contribution in [3.63, 3.8) is 0 Å². The van der Waals surface area contributed by atoms with Crippen LogP contribution in [0.5, 0.6) is 0 Å². The van der Waals surface area contributed by atoms with Crippen molar-refractivity contribution in [2.45, 2.75) is 6.42 Å². The van der Waals surface area contributed by atoms with Crippen LogP contribution in [0.25, 0.3) is 0 Å². The second-order valence-electron chi connectivity index (χ2n) is 4.21. The fourth-order valence-electron chi connectivity index (χ4n) is 1.52. The Morgan fingerprint density at radius 2 is 1.94 bits per heavy atom. The molecule has 0 saturated carbocycles. The molecule has 17 heavy (non-hydrogen) atoms. The van der Waals surface area contributed by atoms with E-state index in [1.165, 1.54) is 4.90 Å². The Labute approximate surface area is 102 Å². The molecule has 1 N–H and O–H groups in total. The van der Waals surface area contributed by atoms with E-state index >= 15 is 0 Å². The highest BCUT2D eigenvalue weighted by atomic mass is 16.5. The molecule has 1 saturated heterocycles. The van der Waals surface area contributed by atoms with Gasteiger partial charge in [0.15, 0.2) is 0 Å². The summed E-state index contributed by atoms with van der Waals surface area (Å²) < 4.78 is 5.17. The number of carbonyl (C=O) groups is 2. The first kappa shape index (κ1) is 13.9. The molecule has 2 amide bonds. The summed E-state index contributed by atoms with van der Waals surface area (Å²) in [6, 6.07) is 0. The molecule has 6 heteroatoms. The zero-order chi connectivity index (χ0) is 12.7. The van der Waals surface area contributed by atoms with Crippen molar-refractivity contribution in [1.29, 1.82) is 0 Å². The SMILES string of the molecule is CN(C)C(=O)CNCCC(=O)N1CCOCC1. The fourth-order valence-corrected chi connectivity index (χ4v) is 1.52. The van der Waals surface area contributed by atoms with Crippen molar-refractivity contribution >= 4 is 11.8 Å². The first-order valence-corrected chi connectivity index (χ1v) is 5.87. The largest absolute Gasteiger partial charge is 0.378 e. The van der Waals surface area contributed by atoms with Gasteiger partial charge in [-0.15, -0.1) is 0 Å². The van der Waals surface area contributed by atoms with Gasteiger partial charge in [0.1, 0.15) is 0 Å². The summed E-state index contributed by atoms with van der Waals surface area (Å²) in [6.07, 6.45) is 0.431. The number of morpholine rings is 1. The van der Waals surface area contributed by atoms with Gasteiger partial charge in [-0.3, -0.25) is 9.59 Å². The number of hydrogen-bond donors (Lipinski definition) is 1. The third-order valence-electron chi connectivity index (χ3n) is 2.65. The molecule has 0 aromatic carbocycles. The molecule has 1 aliphatic heterocycles. The Hall–Kier alpha value is -1.14. The number of nitrogens with zero attached hydrogens (tertiary/aromatic N) is 2. The highest BCUT2D eigenvalue weighted by molar-refractivity contribution is 5.78. The summed E-state index contributed by atoms with van der Waals surface area (Å²) in [5.41, 5.74) is 0. The number of ether oxygens (including phenoxy) is 1. The molecule has 0 atom stereocenters. The zero-order valence-corrected chi connectivity index (χ0v) is 10.6. The van der Waals surface area contributed by atoms with Gasteiger partial charge >= 0.3 is 0 Å². The molecule has 6 nitrogen and oxygen atoms in total. The van der Waals surface area contributed by atoms with Crippen molar-refractivity contribution in [3.8, 4) is 0 Å². The van der Waals surface area contributed by atoms with Crippen LogP contribution in [-0.4, -0.2) is 75.1 Å². The molecule has 0 aliphatic carbocycles. The third-order valence-corrected chi connectivity index (χ3v) is 2.65. The average molecular weight is 243 g/mol. The van der Waals surface area contributed by atoms with Crippen LogP contribution in [-0.2, 0) is 14.3 Å². The molecule has 1 rings (SSSR count). The average Bonchev–Trinajstić information content (AvgIpc) is 2.35. The van der Waals surface area contributed by atoms with E-state index in [2.05, 4.69) is 5.32 Å². The molecule has 1 heterocycles. The van der Waals surface area contributed by atoms with Gasteiger partial charge < -0.3 is 19.9 Å². The van der Waals surface area contributed by atoms with Gasteiger partial charge in [-0.2, -0.15) is 0 Å². The summed E-state index contributed by atoms with van der Waals surface area (Å²) in [6.45, 7) is 3.42. The van der Waals surface area contributed by atoms with E-state index in [0.717, 1.165) is 0 Å². The number of nitrogens with one attached hydrogen (secondary N) is 1. The highest BCUT2D eigenvalue weighted by Gasteiger charge is 2.16. The van der Waals surface area contributed by atoms with Gasteiger partial charge in [0, 0.05) is 40.2 Å². The van der Waals surface area contributed by atoms with Crippen LogP contribution in [0.2, 0.25) is 0 Å². The van der Waals surface area contributed by atoms with E-state index in [-0.39, 0.29) is 18.4 Å². The maximum Gasteiger partial charge on any atom is 0.236 e. The van der Waals surface area contributed by atoms with Gasteiger partial charge in [-0.1, -0.05) is 0 Å². The van der Waals surface area contributed by atoms with E-state index in [1.807, 2.05) is 0 Å². The smallest absolute Gasteiger partial charge is 0.236 e. The second kappa shape index (κ2) is 7.24. The lowest BCUT2D eigenvalue weighted by Gasteiger charge is -2.26. The molecular weight excluding hydrogens is 222 g/mol. The number of carbonyl (C=O) groups excluding carboxylic acids is 2. The molecule has 98 valence electrons. The minimum absolute atomic E-state index is 0.0174. The van der Waals surface area contributed by atoms with Crippen LogP contribution in [0.1, 0.15) is 6.42 Å². The Morgan fingerprint density at radius 1 is 1.29 bits per heavy atom. The molecule has 1 fully saturated rings.